The van der Waals surface area contributed by atoms with Gasteiger partial charge in [-0.15, -0.1) is 0 Å². The summed E-state index contributed by atoms with van der Waals surface area (Å²) in [6.07, 6.45) is 44.9. The molecule has 1 heterocycles. The van der Waals surface area contributed by atoms with E-state index in [-0.39, 0.29) is 32.0 Å². The normalized spacial score (nSPS) is 19.5. The molecule has 2 unspecified atom stereocenters. The molecule has 10 heteroatoms. The largest absolute Gasteiger partial charge is 0.462 e. The molecular formula is C54H100O10. The monoisotopic (exact) mass is 909 g/mol. The molecule has 1 fully saturated rings. The van der Waals surface area contributed by atoms with E-state index in [0.29, 0.717) is 6.42 Å². The van der Waals surface area contributed by atoms with Crippen LogP contribution in [-0.2, 0) is 28.5 Å². The molecule has 0 radical (unpaired) electrons. The summed E-state index contributed by atoms with van der Waals surface area (Å²) < 4.78 is 22.2. The number of carbonyl (C=O) groups excluding carboxylic acids is 2. The minimum absolute atomic E-state index is 0.169. The molecule has 376 valence electrons. The lowest BCUT2D eigenvalue weighted by Crippen LogP contribution is -2.59. The van der Waals surface area contributed by atoms with Gasteiger partial charge in [0.25, 0.3) is 0 Å². The van der Waals surface area contributed by atoms with Crippen LogP contribution in [-0.4, -0.2) is 89.0 Å². The first-order valence-electron chi connectivity index (χ1n) is 26.9. The standard InChI is InChI=1S/C54H100O10/c1-3-5-7-9-11-13-15-17-19-21-22-23-24-25-27-28-30-32-34-36-38-40-42-49(56)61-45-47(46-62-54-53(60)52(59)51(58)48(44-55)64-54)63-50(57)43-41-39-37-35-33-31-29-26-20-18-16-14-12-10-8-6-4-2/h29,31,35,37,47-48,51-55,58-60H,3-28,30,32-34,36,38-46H2,1-2H3/b31-29+,37-35+/t47-,48-,51+,52?,53?,54-/m0/s1. The highest BCUT2D eigenvalue weighted by atomic mass is 16.7. The molecule has 0 aromatic rings. The van der Waals surface area contributed by atoms with Crippen LogP contribution in [0.4, 0.5) is 0 Å². The summed E-state index contributed by atoms with van der Waals surface area (Å²) in [5.74, 6) is -0.846. The van der Waals surface area contributed by atoms with E-state index in [2.05, 4.69) is 38.2 Å². The van der Waals surface area contributed by atoms with E-state index in [1.807, 2.05) is 0 Å². The van der Waals surface area contributed by atoms with E-state index in [1.165, 1.54) is 180 Å². The molecule has 0 saturated carbocycles. The molecule has 6 atom stereocenters. The Bertz CT molecular complexity index is 1100. The molecule has 0 aromatic carbocycles. The fraction of sp³-hybridized carbons (Fsp3) is 0.889. The Kier molecular flexibility index (Phi) is 42.3. The van der Waals surface area contributed by atoms with Crippen LogP contribution < -0.4 is 0 Å². The number of aliphatic hydroxyl groups excluding tert-OH is 4. The molecule has 1 saturated heterocycles. The first-order valence-corrected chi connectivity index (χ1v) is 26.9. The van der Waals surface area contributed by atoms with Crippen LogP contribution in [0.15, 0.2) is 24.3 Å². The van der Waals surface area contributed by atoms with Crippen LogP contribution in [0.1, 0.15) is 251 Å². The quantitative estimate of drug-likeness (QED) is 0.0264. The predicted molar refractivity (Wildman–Crippen MR) is 261 cm³/mol. The van der Waals surface area contributed by atoms with Gasteiger partial charge in [0, 0.05) is 12.8 Å². The van der Waals surface area contributed by atoms with Gasteiger partial charge in [0.2, 0.25) is 0 Å². The van der Waals surface area contributed by atoms with Crippen LogP contribution in [0.5, 0.6) is 0 Å². The lowest BCUT2D eigenvalue weighted by atomic mass is 9.99. The van der Waals surface area contributed by atoms with Gasteiger partial charge >= 0.3 is 11.9 Å². The second-order valence-electron chi connectivity index (χ2n) is 18.7. The number of hydrogen-bond donors (Lipinski definition) is 4. The topological polar surface area (TPSA) is 152 Å². The van der Waals surface area contributed by atoms with E-state index in [1.54, 1.807) is 0 Å². The van der Waals surface area contributed by atoms with E-state index in [9.17, 15) is 30.0 Å². The summed E-state index contributed by atoms with van der Waals surface area (Å²) in [5, 5.41) is 40.2. The van der Waals surface area contributed by atoms with Crippen LogP contribution in [0.25, 0.3) is 0 Å². The first-order chi connectivity index (χ1) is 31.3. The molecule has 1 aliphatic heterocycles. The molecule has 0 aliphatic carbocycles. The molecule has 1 rings (SSSR count). The summed E-state index contributed by atoms with van der Waals surface area (Å²) in [6.45, 7) is 3.43. The van der Waals surface area contributed by atoms with Crippen molar-refractivity contribution in [1.29, 1.82) is 0 Å². The number of aliphatic hydroxyl groups is 4. The molecule has 10 nitrogen and oxygen atoms in total. The summed E-state index contributed by atoms with van der Waals surface area (Å²) in [7, 11) is 0. The Balaban J connectivity index is 2.24. The van der Waals surface area contributed by atoms with Crippen LogP contribution in [0.3, 0.4) is 0 Å². The highest BCUT2D eigenvalue weighted by molar-refractivity contribution is 5.70. The van der Waals surface area contributed by atoms with Crippen LogP contribution in [0, 0.1) is 0 Å². The maximum absolute atomic E-state index is 12.8. The van der Waals surface area contributed by atoms with Crippen LogP contribution in [0.2, 0.25) is 0 Å². The van der Waals surface area contributed by atoms with Gasteiger partial charge in [-0.05, 0) is 38.5 Å². The van der Waals surface area contributed by atoms with Gasteiger partial charge in [0.1, 0.15) is 31.0 Å². The number of allylic oxidation sites excluding steroid dienone is 4. The minimum atomic E-state index is -1.60. The molecular weight excluding hydrogens is 809 g/mol. The van der Waals surface area contributed by atoms with Gasteiger partial charge in [-0.1, -0.05) is 224 Å². The Labute approximate surface area is 392 Å². The Morgan fingerprint density at radius 1 is 0.484 bits per heavy atom. The van der Waals surface area contributed by atoms with Crippen molar-refractivity contribution in [3.05, 3.63) is 24.3 Å². The van der Waals surface area contributed by atoms with Crippen molar-refractivity contribution in [2.45, 2.75) is 288 Å². The van der Waals surface area contributed by atoms with E-state index in [0.717, 1.165) is 38.5 Å². The van der Waals surface area contributed by atoms with Crippen molar-refractivity contribution in [3.63, 3.8) is 0 Å². The smallest absolute Gasteiger partial charge is 0.306 e. The Morgan fingerprint density at radius 2 is 0.891 bits per heavy atom. The number of rotatable bonds is 46. The third kappa shape index (κ3) is 35.4. The highest BCUT2D eigenvalue weighted by Gasteiger charge is 2.44. The lowest BCUT2D eigenvalue weighted by molar-refractivity contribution is -0.305. The second-order valence-corrected chi connectivity index (χ2v) is 18.7. The van der Waals surface area contributed by atoms with Gasteiger partial charge in [0.05, 0.1) is 13.2 Å². The maximum Gasteiger partial charge on any atom is 0.306 e. The first kappa shape index (κ1) is 60.2. The van der Waals surface area contributed by atoms with Gasteiger partial charge in [-0.25, -0.2) is 0 Å². The number of ether oxygens (including phenoxy) is 4. The minimum Gasteiger partial charge on any atom is -0.462 e. The van der Waals surface area contributed by atoms with Gasteiger partial charge < -0.3 is 39.4 Å². The SMILES string of the molecule is CCCCCCCCCCC/C=C/C/C=C/CCCC(=O)O[C@@H](COC(=O)CCCCCCCCCCCCCCCCCCCCCCCC)CO[C@H]1O[C@@H](CO)[C@@H](O)C(O)C1O. The molecule has 64 heavy (non-hydrogen) atoms. The van der Waals surface area contributed by atoms with Crippen molar-refractivity contribution in [2.75, 3.05) is 19.8 Å². The fourth-order valence-electron chi connectivity index (χ4n) is 8.35. The van der Waals surface area contributed by atoms with E-state index < -0.39 is 49.4 Å². The molecule has 0 spiro atoms. The molecule has 4 N–H and O–H groups in total. The number of carbonyl (C=O) groups is 2. The molecule has 0 aromatic heterocycles. The van der Waals surface area contributed by atoms with Gasteiger partial charge in [-0.3, -0.25) is 9.59 Å². The third-order valence-corrected chi connectivity index (χ3v) is 12.6. The fourth-order valence-corrected chi connectivity index (χ4v) is 8.35. The average Bonchev–Trinajstić information content (AvgIpc) is 3.29. The van der Waals surface area contributed by atoms with Crippen molar-refractivity contribution in [3.8, 4) is 0 Å². The zero-order valence-electron chi connectivity index (χ0n) is 41.3. The third-order valence-electron chi connectivity index (χ3n) is 12.6. The van der Waals surface area contributed by atoms with Gasteiger partial charge in [0.15, 0.2) is 12.4 Å². The van der Waals surface area contributed by atoms with E-state index in [4.69, 9.17) is 18.9 Å². The van der Waals surface area contributed by atoms with E-state index >= 15 is 0 Å². The number of unbranched alkanes of at least 4 members (excludes halogenated alkanes) is 31. The van der Waals surface area contributed by atoms with Crippen molar-refractivity contribution in [1.82, 2.24) is 0 Å². The predicted octanol–water partition coefficient (Wildman–Crippen LogP) is 12.8. The van der Waals surface area contributed by atoms with Crippen molar-refractivity contribution < 1.29 is 49.0 Å². The second kappa shape index (κ2) is 45.0. The van der Waals surface area contributed by atoms with Crippen molar-refractivity contribution in [2.24, 2.45) is 0 Å². The van der Waals surface area contributed by atoms with Crippen LogP contribution >= 0.6 is 0 Å². The number of esters is 2. The Morgan fingerprint density at radius 3 is 1.34 bits per heavy atom. The van der Waals surface area contributed by atoms with Crippen molar-refractivity contribution >= 4 is 11.9 Å². The summed E-state index contributed by atoms with van der Waals surface area (Å²) >= 11 is 0. The lowest BCUT2D eigenvalue weighted by Gasteiger charge is -2.39. The average molecular weight is 909 g/mol. The molecule has 0 amide bonds. The highest BCUT2D eigenvalue weighted by Crippen LogP contribution is 2.23. The number of hydrogen-bond acceptors (Lipinski definition) is 10. The van der Waals surface area contributed by atoms with Gasteiger partial charge in [-0.2, -0.15) is 0 Å². The summed E-state index contributed by atoms with van der Waals surface area (Å²) in [6, 6.07) is 0. The molecule has 0 bridgehead atoms. The summed E-state index contributed by atoms with van der Waals surface area (Å²) in [5.41, 5.74) is 0. The molecule has 1 aliphatic rings. The maximum atomic E-state index is 12.8. The zero-order valence-corrected chi connectivity index (χ0v) is 41.3. The summed E-state index contributed by atoms with van der Waals surface area (Å²) in [4.78, 5) is 25.4. The zero-order chi connectivity index (χ0) is 46.6. The Hall–Kier alpha value is -1.82.